The molecule has 0 bridgehead atoms. The van der Waals surface area contributed by atoms with E-state index in [-0.39, 0.29) is 28.8 Å². The molecule has 1 N–H and O–H groups in total. The highest BCUT2D eigenvalue weighted by Crippen LogP contribution is 2.18. The van der Waals surface area contributed by atoms with E-state index in [1.807, 2.05) is 19.9 Å². The minimum Gasteiger partial charge on any atom is -0.326 e. The van der Waals surface area contributed by atoms with Crippen molar-refractivity contribution < 1.29 is 8.42 Å². The number of aromatic nitrogens is 1. The number of nitrogens with one attached hydrogen (secondary N) is 1. The van der Waals surface area contributed by atoms with Gasteiger partial charge in [0.25, 0.3) is 5.56 Å². The highest BCUT2D eigenvalue weighted by Gasteiger charge is 2.25. The van der Waals surface area contributed by atoms with Crippen LogP contribution < -0.4 is 5.56 Å². The summed E-state index contributed by atoms with van der Waals surface area (Å²) in [6, 6.07) is 3.05. The molecule has 0 aliphatic rings. The van der Waals surface area contributed by atoms with Crippen LogP contribution in [0.25, 0.3) is 0 Å². The fourth-order valence-corrected chi connectivity index (χ4v) is 3.46. The number of pyridine rings is 1. The zero-order valence-corrected chi connectivity index (χ0v) is 12.8. The maximum Gasteiger partial charge on any atom is 0.266 e. The average Bonchev–Trinajstić information content (AvgIpc) is 2.37. The second-order valence-corrected chi connectivity index (χ2v) is 7.02. The van der Waals surface area contributed by atoms with Gasteiger partial charge < -0.3 is 4.98 Å². The molecule has 0 radical (unpaired) electrons. The third kappa shape index (κ3) is 4.07. The fraction of sp³-hybridized carbons (Fsp3) is 0.500. The van der Waals surface area contributed by atoms with Crippen LogP contribution in [0.3, 0.4) is 0 Å². The summed E-state index contributed by atoms with van der Waals surface area (Å²) in [6.45, 7) is 4.16. The molecular formula is C12H16ClN3O3S. The average molecular weight is 318 g/mol. The van der Waals surface area contributed by atoms with Crippen molar-refractivity contribution >= 4 is 21.6 Å². The number of nitriles is 1. The van der Waals surface area contributed by atoms with Gasteiger partial charge in [-0.05, 0) is 12.0 Å². The van der Waals surface area contributed by atoms with Gasteiger partial charge >= 0.3 is 0 Å². The first-order chi connectivity index (χ1) is 9.28. The number of hydrogen-bond donors (Lipinski definition) is 1. The Morgan fingerprint density at radius 1 is 1.50 bits per heavy atom. The predicted octanol–water partition coefficient (Wildman–Crippen LogP) is 1.59. The third-order valence-corrected chi connectivity index (χ3v) is 4.63. The van der Waals surface area contributed by atoms with Crippen molar-refractivity contribution in [3.8, 4) is 6.07 Å². The highest BCUT2D eigenvalue weighted by molar-refractivity contribution is 7.89. The molecule has 0 atom stereocenters. The lowest BCUT2D eigenvalue weighted by atomic mass is 10.2. The molecule has 110 valence electrons. The van der Waals surface area contributed by atoms with Gasteiger partial charge in [0, 0.05) is 25.7 Å². The van der Waals surface area contributed by atoms with Crippen molar-refractivity contribution in [2.24, 2.45) is 5.92 Å². The number of halogens is 1. The summed E-state index contributed by atoms with van der Waals surface area (Å²) >= 11 is 5.66. The third-order valence-electron chi connectivity index (χ3n) is 2.51. The van der Waals surface area contributed by atoms with E-state index in [9.17, 15) is 13.2 Å². The lowest BCUT2D eigenvalue weighted by molar-refractivity contribution is 0.372. The number of rotatable bonds is 6. The van der Waals surface area contributed by atoms with Crippen LogP contribution in [0.15, 0.2) is 22.0 Å². The number of H-pyrrole nitrogens is 1. The molecule has 0 amide bonds. The van der Waals surface area contributed by atoms with Crippen LogP contribution >= 0.6 is 11.6 Å². The number of hydrogen-bond acceptors (Lipinski definition) is 4. The van der Waals surface area contributed by atoms with E-state index in [0.717, 1.165) is 12.3 Å². The van der Waals surface area contributed by atoms with Gasteiger partial charge in [-0.2, -0.15) is 9.57 Å². The topological polar surface area (TPSA) is 94.0 Å². The van der Waals surface area contributed by atoms with Crippen LogP contribution in [0.4, 0.5) is 0 Å². The van der Waals surface area contributed by atoms with Gasteiger partial charge in [-0.25, -0.2) is 8.42 Å². The van der Waals surface area contributed by atoms with Crippen molar-refractivity contribution in [3.05, 3.63) is 27.6 Å². The Kier molecular flexibility index (Phi) is 5.74. The van der Waals surface area contributed by atoms with Crippen LogP contribution in [0, 0.1) is 17.2 Å². The minimum atomic E-state index is -3.78. The molecule has 0 unspecified atom stereocenters. The summed E-state index contributed by atoms with van der Waals surface area (Å²) in [7, 11) is -3.78. The molecule has 20 heavy (non-hydrogen) atoms. The SMILES string of the molecule is CC(C)CN(CCC#N)S(=O)(=O)c1c[nH]c(=O)c(Cl)c1. The highest BCUT2D eigenvalue weighted by atomic mass is 35.5. The van der Waals surface area contributed by atoms with E-state index in [1.165, 1.54) is 4.31 Å². The molecule has 1 aromatic heterocycles. The first kappa shape index (κ1) is 16.7. The van der Waals surface area contributed by atoms with Crippen LogP contribution in [0.1, 0.15) is 20.3 Å². The molecule has 0 saturated heterocycles. The van der Waals surface area contributed by atoms with Crippen molar-refractivity contribution in [1.82, 2.24) is 9.29 Å². The Morgan fingerprint density at radius 2 is 2.15 bits per heavy atom. The van der Waals surface area contributed by atoms with E-state index in [1.54, 1.807) is 0 Å². The van der Waals surface area contributed by atoms with Crippen molar-refractivity contribution in [2.75, 3.05) is 13.1 Å². The van der Waals surface area contributed by atoms with Gasteiger partial charge in [0.2, 0.25) is 10.0 Å². The van der Waals surface area contributed by atoms with E-state index >= 15 is 0 Å². The van der Waals surface area contributed by atoms with E-state index in [0.29, 0.717) is 6.54 Å². The standard InChI is InChI=1S/C12H16ClN3O3S/c1-9(2)8-16(5-3-4-14)20(18,19)10-6-11(13)12(17)15-7-10/h6-7,9H,3,5,8H2,1-2H3,(H,15,17). The largest absolute Gasteiger partial charge is 0.326 e. The van der Waals surface area contributed by atoms with Gasteiger partial charge in [-0.3, -0.25) is 4.79 Å². The van der Waals surface area contributed by atoms with Crippen molar-refractivity contribution in [1.29, 1.82) is 5.26 Å². The number of nitrogens with zero attached hydrogens (tertiary/aromatic N) is 2. The lowest BCUT2D eigenvalue weighted by Crippen LogP contribution is -2.35. The van der Waals surface area contributed by atoms with E-state index in [4.69, 9.17) is 16.9 Å². The Balaban J connectivity index is 3.17. The first-order valence-corrected chi connectivity index (χ1v) is 7.86. The molecule has 1 aromatic rings. The molecule has 0 aliphatic heterocycles. The normalized spacial score (nSPS) is 11.8. The quantitative estimate of drug-likeness (QED) is 0.862. The van der Waals surface area contributed by atoms with Crippen LogP contribution in [-0.2, 0) is 10.0 Å². The smallest absolute Gasteiger partial charge is 0.266 e. The summed E-state index contributed by atoms with van der Waals surface area (Å²) in [5.41, 5.74) is -0.543. The lowest BCUT2D eigenvalue weighted by Gasteiger charge is -2.22. The first-order valence-electron chi connectivity index (χ1n) is 6.04. The van der Waals surface area contributed by atoms with Gasteiger partial charge in [0.1, 0.15) is 5.02 Å². The fourth-order valence-electron chi connectivity index (χ4n) is 1.63. The number of sulfonamides is 1. The van der Waals surface area contributed by atoms with Gasteiger partial charge in [-0.1, -0.05) is 25.4 Å². The molecule has 1 heterocycles. The summed E-state index contributed by atoms with van der Waals surface area (Å²) in [5.74, 6) is 0.113. The van der Waals surface area contributed by atoms with E-state index < -0.39 is 15.6 Å². The molecule has 0 saturated carbocycles. The summed E-state index contributed by atoms with van der Waals surface area (Å²) < 4.78 is 26.2. The molecular weight excluding hydrogens is 302 g/mol. The minimum absolute atomic E-state index is 0.0827. The second kappa shape index (κ2) is 6.88. The summed E-state index contributed by atoms with van der Waals surface area (Å²) in [5, 5.41) is 8.44. The molecule has 1 rings (SSSR count). The number of aromatic amines is 1. The van der Waals surface area contributed by atoms with Crippen LogP contribution in [0.5, 0.6) is 0 Å². The van der Waals surface area contributed by atoms with Gasteiger partial charge in [-0.15, -0.1) is 0 Å². The second-order valence-electron chi connectivity index (χ2n) is 4.68. The Bertz CT molecular complexity index is 661. The molecule has 8 heteroatoms. The van der Waals surface area contributed by atoms with Gasteiger partial charge in [0.05, 0.1) is 11.0 Å². The molecule has 0 fully saturated rings. The molecule has 0 aromatic carbocycles. The van der Waals surface area contributed by atoms with Crippen LogP contribution in [0.2, 0.25) is 5.02 Å². The summed E-state index contributed by atoms with van der Waals surface area (Å²) in [4.78, 5) is 13.4. The van der Waals surface area contributed by atoms with Crippen molar-refractivity contribution in [3.63, 3.8) is 0 Å². The summed E-state index contributed by atoms with van der Waals surface area (Å²) in [6.07, 6.45) is 1.21. The maximum absolute atomic E-state index is 12.5. The zero-order chi connectivity index (χ0) is 15.3. The molecule has 0 aliphatic carbocycles. The van der Waals surface area contributed by atoms with Crippen molar-refractivity contribution in [2.45, 2.75) is 25.2 Å². The Hall–Kier alpha value is -1.36. The predicted molar refractivity (Wildman–Crippen MR) is 75.9 cm³/mol. The maximum atomic E-state index is 12.5. The molecule has 0 spiro atoms. The van der Waals surface area contributed by atoms with Crippen LogP contribution in [-0.4, -0.2) is 30.8 Å². The molecule has 6 nitrogen and oxygen atoms in total. The monoisotopic (exact) mass is 317 g/mol. The van der Waals surface area contributed by atoms with Gasteiger partial charge in [0.15, 0.2) is 0 Å². The van der Waals surface area contributed by atoms with E-state index in [2.05, 4.69) is 4.98 Å². The zero-order valence-electron chi connectivity index (χ0n) is 11.3. The Labute approximate surface area is 123 Å². The Morgan fingerprint density at radius 3 is 2.65 bits per heavy atom.